The first-order chi connectivity index (χ1) is 11.5. The fraction of sp³-hybridized carbons (Fsp3) is 0.684. The van der Waals surface area contributed by atoms with Gasteiger partial charge in [0, 0.05) is 44.4 Å². The van der Waals surface area contributed by atoms with Crippen LogP contribution in [-0.2, 0) is 11.8 Å². The maximum atomic E-state index is 12.9. The summed E-state index contributed by atoms with van der Waals surface area (Å²) in [6.07, 6.45) is 8.86. The third kappa shape index (κ3) is 2.79. The average molecular weight is 332 g/mol. The van der Waals surface area contributed by atoms with Crippen LogP contribution >= 0.6 is 0 Å². The molecule has 1 aromatic rings. The van der Waals surface area contributed by atoms with Crippen molar-refractivity contribution in [1.82, 2.24) is 9.47 Å². The van der Waals surface area contributed by atoms with E-state index in [9.17, 15) is 9.59 Å². The Balaban J connectivity index is 1.80. The second-order valence-corrected chi connectivity index (χ2v) is 7.27. The summed E-state index contributed by atoms with van der Waals surface area (Å²) >= 11 is 0. The van der Waals surface area contributed by atoms with Gasteiger partial charge in [0.1, 0.15) is 0 Å². The number of pyridine rings is 1. The summed E-state index contributed by atoms with van der Waals surface area (Å²) in [7, 11) is 3.58. The zero-order chi connectivity index (χ0) is 17.3. The molecule has 1 spiro atoms. The molecule has 5 nitrogen and oxygen atoms in total. The van der Waals surface area contributed by atoms with Crippen LogP contribution < -0.4 is 5.56 Å². The van der Waals surface area contributed by atoms with Gasteiger partial charge in [0.05, 0.1) is 11.7 Å². The summed E-state index contributed by atoms with van der Waals surface area (Å²) in [5.41, 5.74) is 0.600. The van der Waals surface area contributed by atoms with Gasteiger partial charge in [0.2, 0.25) is 5.56 Å². The molecule has 5 heteroatoms. The fourth-order valence-electron chi connectivity index (χ4n) is 4.64. The molecule has 132 valence electrons. The van der Waals surface area contributed by atoms with Gasteiger partial charge in [-0.25, -0.2) is 0 Å². The summed E-state index contributed by atoms with van der Waals surface area (Å²) in [4.78, 5) is 26.3. The predicted molar refractivity (Wildman–Crippen MR) is 93.1 cm³/mol. The van der Waals surface area contributed by atoms with Crippen molar-refractivity contribution < 1.29 is 9.53 Å². The molecule has 3 rings (SSSR count). The lowest BCUT2D eigenvalue weighted by molar-refractivity contribution is -0.170. The quantitative estimate of drug-likeness (QED) is 0.851. The van der Waals surface area contributed by atoms with Crippen LogP contribution in [-0.4, -0.2) is 41.2 Å². The molecule has 0 saturated heterocycles. The highest BCUT2D eigenvalue weighted by Gasteiger charge is 2.57. The van der Waals surface area contributed by atoms with Crippen molar-refractivity contribution in [2.75, 3.05) is 13.7 Å². The minimum atomic E-state index is -0.0991. The van der Waals surface area contributed by atoms with Crippen LogP contribution in [0.4, 0.5) is 0 Å². The first-order valence-corrected chi connectivity index (χ1v) is 9.05. The normalized spacial score (nSPS) is 25.3. The number of carbonyl (C=O) groups excluding carboxylic acids is 1. The van der Waals surface area contributed by atoms with Gasteiger partial charge in [-0.2, -0.15) is 0 Å². The standard InChI is InChI=1S/C19H28N2O3/c1-4-24-16-12-15(19(16)10-6-5-7-11-19)21(3)18(23)14-8-9-17(22)20(2)13-14/h8-9,13,15-16H,4-7,10-12H2,1-3H3/t15-,16-/m0/s1. The topological polar surface area (TPSA) is 51.5 Å². The highest BCUT2D eigenvalue weighted by atomic mass is 16.5. The molecule has 2 aliphatic rings. The van der Waals surface area contributed by atoms with Crippen LogP contribution in [0.5, 0.6) is 0 Å². The molecule has 0 aromatic carbocycles. The van der Waals surface area contributed by atoms with Crippen LogP contribution in [0.3, 0.4) is 0 Å². The van der Waals surface area contributed by atoms with Crippen LogP contribution in [0.15, 0.2) is 23.1 Å². The molecule has 0 N–H and O–H groups in total. The molecule has 2 fully saturated rings. The first kappa shape index (κ1) is 17.2. The van der Waals surface area contributed by atoms with E-state index in [-0.39, 0.29) is 29.0 Å². The Morgan fingerprint density at radius 2 is 2.04 bits per heavy atom. The van der Waals surface area contributed by atoms with E-state index in [2.05, 4.69) is 0 Å². The molecule has 0 unspecified atom stereocenters. The van der Waals surface area contributed by atoms with Gasteiger partial charge in [0.25, 0.3) is 5.91 Å². The van der Waals surface area contributed by atoms with Crippen LogP contribution in [0.2, 0.25) is 0 Å². The molecule has 0 bridgehead atoms. The largest absolute Gasteiger partial charge is 0.378 e. The summed E-state index contributed by atoms with van der Waals surface area (Å²) in [5.74, 6) is -0.00417. The van der Waals surface area contributed by atoms with Gasteiger partial charge in [-0.05, 0) is 32.3 Å². The summed E-state index contributed by atoms with van der Waals surface area (Å²) in [6.45, 7) is 2.78. The molecule has 24 heavy (non-hydrogen) atoms. The predicted octanol–water partition coefficient (Wildman–Crippen LogP) is 2.59. The third-order valence-corrected chi connectivity index (χ3v) is 6.02. The van der Waals surface area contributed by atoms with Crippen LogP contribution in [0.25, 0.3) is 0 Å². The van der Waals surface area contributed by atoms with E-state index in [0.29, 0.717) is 5.56 Å². The average Bonchev–Trinajstić information content (AvgIpc) is 2.60. The lowest BCUT2D eigenvalue weighted by Crippen LogP contribution is -2.65. The molecular weight excluding hydrogens is 304 g/mol. The van der Waals surface area contributed by atoms with E-state index in [4.69, 9.17) is 4.74 Å². The van der Waals surface area contributed by atoms with Gasteiger partial charge in [-0.15, -0.1) is 0 Å². The minimum absolute atomic E-state index is 0.00417. The van der Waals surface area contributed by atoms with Gasteiger partial charge in [-0.1, -0.05) is 19.3 Å². The minimum Gasteiger partial charge on any atom is -0.378 e. The molecule has 2 atom stereocenters. The van der Waals surface area contributed by atoms with Crippen molar-refractivity contribution >= 4 is 5.91 Å². The number of hydrogen-bond donors (Lipinski definition) is 0. The number of amides is 1. The number of aromatic nitrogens is 1. The van der Waals surface area contributed by atoms with E-state index < -0.39 is 0 Å². The fourth-order valence-corrected chi connectivity index (χ4v) is 4.64. The SMILES string of the molecule is CCO[C@H]1C[C@H](N(C)C(=O)c2ccc(=O)n(C)c2)C12CCCCC2. The maximum absolute atomic E-state index is 12.9. The summed E-state index contributed by atoms with van der Waals surface area (Å²) in [6, 6.07) is 3.33. The number of aryl methyl sites for hydroxylation is 1. The van der Waals surface area contributed by atoms with Gasteiger partial charge < -0.3 is 14.2 Å². The Labute approximate surface area is 143 Å². The molecule has 0 radical (unpaired) electrons. The van der Waals surface area contributed by atoms with Gasteiger partial charge in [0.15, 0.2) is 0 Å². The van der Waals surface area contributed by atoms with Gasteiger partial charge >= 0.3 is 0 Å². The van der Waals surface area contributed by atoms with E-state index in [1.807, 2.05) is 18.9 Å². The molecule has 2 saturated carbocycles. The van der Waals surface area contributed by atoms with Crippen LogP contribution in [0.1, 0.15) is 55.8 Å². The molecular formula is C19H28N2O3. The molecule has 1 amide bonds. The lowest BCUT2D eigenvalue weighted by atomic mass is 9.54. The zero-order valence-electron chi connectivity index (χ0n) is 15.0. The Bertz CT molecular complexity index is 661. The Morgan fingerprint density at radius 1 is 1.33 bits per heavy atom. The Morgan fingerprint density at radius 3 is 2.67 bits per heavy atom. The summed E-state index contributed by atoms with van der Waals surface area (Å²) in [5, 5.41) is 0. The number of carbonyl (C=O) groups is 1. The highest BCUT2D eigenvalue weighted by Crippen LogP contribution is 2.55. The third-order valence-electron chi connectivity index (χ3n) is 6.02. The maximum Gasteiger partial charge on any atom is 0.255 e. The monoisotopic (exact) mass is 332 g/mol. The molecule has 0 aliphatic heterocycles. The van der Waals surface area contributed by atoms with Crippen molar-refractivity contribution in [1.29, 1.82) is 0 Å². The van der Waals surface area contributed by atoms with Gasteiger partial charge in [-0.3, -0.25) is 9.59 Å². The second kappa shape index (κ2) is 6.71. The van der Waals surface area contributed by atoms with Crippen molar-refractivity contribution in [3.05, 3.63) is 34.2 Å². The van der Waals surface area contributed by atoms with Crippen LogP contribution in [0, 0.1) is 5.41 Å². The van der Waals surface area contributed by atoms with E-state index in [1.165, 1.54) is 29.9 Å². The Kier molecular flexibility index (Phi) is 4.81. The highest BCUT2D eigenvalue weighted by molar-refractivity contribution is 5.94. The van der Waals surface area contributed by atoms with E-state index in [1.54, 1.807) is 19.3 Å². The van der Waals surface area contributed by atoms with E-state index >= 15 is 0 Å². The molecule has 2 aliphatic carbocycles. The number of nitrogens with zero attached hydrogens (tertiary/aromatic N) is 2. The zero-order valence-corrected chi connectivity index (χ0v) is 15.0. The van der Waals surface area contributed by atoms with E-state index in [0.717, 1.165) is 25.9 Å². The Hall–Kier alpha value is -1.62. The molecule has 1 heterocycles. The summed E-state index contributed by atoms with van der Waals surface area (Å²) < 4.78 is 7.45. The number of ether oxygens (including phenoxy) is 1. The number of hydrogen-bond acceptors (Lipinski definition) is 3. The number of rotatable bonds is 4. The van der Waals surface area contributed by atoms with Crippen molar-refractivity contribution in [3.63, 3.8) is 0 Å². The lowest BCUT2D eigenvalue weighted by Gasteiger charge is -2.60. The van der Waals surface area contributed by atoms with Crippen molar-refractivity contribution in [2.45, 2.75) is 57.6 Å². The molecule has 1 aromatic heterocycles. The second-order valence-electron chi connectivity index (χ2n) is 7.27. The van der Waals surface area contributed by atoms with Crippen molar-refractivity contribution in [2.24, 2.45) is 12.5 Å². The van der Waals surface area contributed by atoms with Crippen molar-refractivity contribution in [3.8, 4) is 0 Å². The smallest absolute Gasteiger partial charge is 0.255 e. The first-order valence-electron chi connectivity index (χ1n) is 9.05.